The van der Waals surface area contributed by atoms with E-state index < -0.39 is 20.5 Å². The lowest BCUT2D eigenvalue weighted by molar-refractivity contribution is -0.870. The Bertz CT molecular complexity index is 539. The van der Waals surface area contributed by atoms with Crippen LogP contribution >= 0.6 is 7.82 Å². The van der Waals surface area contributed by atoms with Crippen LogP contribution in [0.2, 0.25) is 0 Å². The quantitative estimate of drug-likeness (QED) is 0.0934. The summed E-state index contributed by atoms with van der Waals surface area (Å²) in [5.41, 5.74) is 0. The van der Waals surface area contributed by atoms with Crippen LogP contribution in [0.1, 0.15) is 90.9 Å². The number of rotatable bonds is 22. The molecule has 0 aromatic rings. The van der Waals surface area contributed by atoms with Crippen LogP contribution in [0.3, 0.4) is 0 Å². The van der Waals surface area contributed by atoms with E-state index in [0.29, 0.717) is 11.0 Å². The van der Waals surface area contributed by atoms with Crippen molar-refractivity contribution in [3.05, 3.63) is 0 Å². The van der Waals surface area contributed by atoms with Gasteiger partial charge in [-0.3, -0.25) is 13.8 Å². The van der Waals surface area contributed by atoms with Gasteiger partial charge in [0, 0.05) is 0 Å². The predicted octanol–water partition coefficient (Wildman–Crippen LogP) is 5.07. The number of likely N-dealkylation sites (N-methyl/N-ethyl adjacent to an activating group) is 1. The van der Waals surface area contributed by atoms with Gasteiger partial charge in [-0.1, -0.05) is 84.5 Å². The minimum atomic E-state index is -4.25. The minimum absolute atomic E-state index is 0.0545. The molecule has 198 valence electrons. The van der Waals surface area contributed by atoms with E-state index in [1.807, 2.05) is 28.1 Å². The molecule has 0 fully saturated rings. The summed E-state index contributed by atoms with van der Waals surface area (Å²) in [6.45, 7) is 3.93. The molecular formula is C24H51NO7P+. The summed E-state index contributed by atoms with van der Waals surface area (Å²) >= 11 is 0. The Labute approximate surface area is 202 Å². The fraction of sp³-hybridized carbons (Fsp3) is 0.958. The first-order valence-electron chi connectivity index (χ1n) is 12.7. The number of aliphatic hydroxyl groups excluding tert-OH is 1. The third kappa shape index (κ3) is 21.8. The van der Waals surface area contributed by atoms with E-state index in [1.165, 1.54) is 57.8 Å². The third-order valence-electron chi connectivity index (χ3n) is 5.51. The molecule has 0 heterocycles. The largest absolute Gasteiger partial charge is 0.472 e. The maximum Gasteiger partial charge on any atom is 0.472 e. The number of carbonyl (C=O) groups is 1. The number of quaternary nitrogens is 1. The molecule has 0 aliphatic carbocycles. The zero-order valence-corrected chi connectivity index (χ0v) is 22.7. The second kappa shape index (κ2) is 18.8. The number of hydrogen-bond acceptors (Lipinski definition) is 6. The van der Waals surface area contributed by atoms with Crippen molar-refractivity contribution in [2.45, 2.75) is 97.0 Å². The van der Waals surface area contributed by atoms with Crippen molar-refractivity contribution in [3.8, 4) is 0 Å². The van der Waals surface area contributed by atoms with Crippen LogP contribution < -0.4 is 0 Å². The van der Waals surface area contributed by atoms with E-state index in [1.54, 1.807) is 0 Å². The van der Waals surface area contributed by atoms with Gasteiger partial charge >= 0.3 is 13.8 Å². The molecule has 9 heteroatoms. The first kappa shape index (κ1) is 32.5. The van der Waals surface area contributed by atoms with E-state index in [0.717, 1.165) is 19.3 Å². The average Bonchev–Trinajstić information content (AvgIpc) is 2.73. The van der Waals surface area contributed by atoms with Gasteiger partial charge in [-0.2, -0.15) is 0 Å². The van der Waals surface area contributed by atoms with Gasteiger partial charge in [-0.25, -0.2) is 4.57 Å². The normalized spacial score (nSPS) is 15.7. The number of nitrogens with zero attached hydrogens (tertiary/aromatic N) is 1. The molecule has 0 aromatic heterocycles. The molecule has 0 aliphatic heterocycles. The van der Waals surface area contributed by atoms with Gasteiger partial charge in [0.1, 0.15) is 25.9 Å². The number of aliphatic hydroxyl groups is 1. The number of ether oxygens (including phenoxy) is 1. The van der Waals surface area contributed by atoms with Crippen molar-refractivity contribution >= 4 is 13.8 Å². The molecule has 0 radical (unpaired) electrons. The lowest BCUT2D eigenvalue weighted by Gasteiger charge is -2.24. The number of carbonyl (C=O) groups excluding carboxylic acids is 1. The number of phosphoric ester groups is 1. The Kier molecular flexibility index (Phi) is 18.5. The molecule has 0 aliphatic rings. The molecule has 0 saturated heterocycles. The number of hydrogen-bond donors (Lipinski definition) is 2. The minimum Gasteiger partial charge on any atom is -0.463 e. The summed E-state index contributed by atoms with van der Waals surface area (Å²) in [6, 6.07) is 0. The second-order valence-corrected chi connectivity index (χ2v) is 11.6. The monoisotopic (exact) mass is 496 g/mol. The molecule has 0 amide bonds. The highest BCUT2D eigenvalue weighted by Crippen LogP contribution is 2.43. The fourth-order valence-electron chi connectivity index (χ4n) is 3.25. The van der Waals surface area contributed by atoms with E-state index in [-0.39, 0.29) is 25.1 Å². The van der Waals surface area contributed by atoms with Crippen molar-refractivity contribution < 1.29 is 37.6 Å². The highest BCUT2D eigenvalue weighted by Gasteiger charge is 2.24. The van der Waals surface area contributed by atoms with Crippen molar-refractivity contribution in [2.24, 2.45) is 5.92 Å². The lowest BCUT2D eigenvalue weighted by Crippen LogP contribution is -2.37. The number of esters is 1. The number of phosphoric acid groups is 1. The van der Waals surface area contributed by atoms with Gasteiger partial charge in [0.25, 0.3) is 0 Å². The molecular weight excluding hydrogens is 445 g/mol. The zero-order valence-electron chi connectivity index (χ0n) is 21.8. The first-order valence-corrected chi connectivity index (χ1v) is 14.2. The summed E-state index contributed by atoms with van der Waals surface area (Å²) in [5, 5.41) is 9.88. The molecule has 3 atom stereocenters. The summed E-state index contributed by atoms with van der Waals surface area (Å²) in [4.78, 5) is 21.7. The maximum absolute atomic E-state index is 12.1. The summed E-state index contributed by atoms with van der Waals surface area (Å²) in [7, 11) is 1.56. The fourth-order valence-corrected chi connectivity index (χ4v) is 4.00. The average molecular weight is 497 g/mol. The molecule has 33 heavy (non-hydrogen) atoms. The molecule has 0 spiro atoms. The Hall–Kier alpha value is -0.500. The predicted molar refractivity (Wildman–Crippen MR) is 132 cm³/mol. The van der Waals surface area contributed by atoms with E-state index in [2.05, 4.69) is 6.92 Å². The van der Waals surface area contributed by atoms with Crippen LogP contribution in [-0.4, -0.2) is 74.1 Å². The summed E-state index contributed by atoms with van der Waals surface area (Å²) in [5.74, 6) is -0.605. The summed E-state index contributed by atoms with van der Waals surface area (Å²) < 4.78 is 27.2. The highest BCUT2D eigenvalue weighted by molar-refractivity contribution is 7.47. The van der Waals surface area contributed by atoms with Crippen LogP contribution in [0.4, 0.5) is 0 Å². The van der Waals surface area contributed by atoms with Gasteiger partial charge in [0.15, 0.2) is 0 Å². The molecule has 2 N–H and O–H groups in total. The van der Waals surface area contributed by atoms with Gasteiger partial charge in [0.2, 0.25) is 0 Å². The van der Waals surface area contributed by atoms with Gasteiger partial charge in [0.05, 0.1) is 33.7 Å². The molecule has 8 nitrogen and oxygen atoms in total. The van der Waals surface area contributed by atoms with E-state index in [4.69, 9.17) is 13.8 Å². The van der Waals surface area contributed by atoms with Crippen molar-refractivity contribution in [1.29, 1.82) is 0 Å². The molecule has 0 aromatic carbocycles. The van der Waals surface area contributed by atoms with E-state index >= 15 is 0 Å². The zero-order chi connectivity index (χ0) is 25.2. The summed E-state index contributed by atoms with van der Waals surface area (Å²) in [6.07, 6.45) is 13.5. The standard InChI is InChI=1S/C24H50NO7P/c1-6-7-8-9-10-11-12-13-14-15-16-17-22(2)24(27)30-20-23(26)21-32-33(28,29)31-19-18-25(3,4)5/h22-23,26H,6-21H2,1-5H3/p+1. The number of unbranched alkanes of at least 4 members (excludes halogenated alkanes) is 10. The van der Waals surface area contributed by atoms with Crippen LogP contribution in [0.15, 0.2) is 0 Å². The Morgan fingerprint density at radius 1 is 0.879 bits per heavy atom. The van der Waals surface area contributed by atoms with Crippen molar-refractivity contribution in [2.75, 3.05) is 47.5 Å². The first-order chi connectivity index (χ1) is 15.5. The van der Waals surface area contributed by atoms with Crippen molar-refractivity contribution in [3.63, 3.8) is 0 Å². The molecule has 0 saturated carbocycles. The van der Waals surface area contributed by atoms with Crippen LogP contribution in [0.5, 0.6) is 0 Å². The van der Waals surface area contributed by atoms with Crippen LogP contribution in [0.25, 0.3) is 0 Å². The maximum atomic E-state index is 12.1. The van der Waals surface area contributed by atoms with E-state index in [9.17, 15) is 19.4 Å². The Balaban J connectivity index is 3.77. The second-order valence-electron chi connectivity index (χ2n) is 10.1. The van der Waals surface area contributed by atoms with Gasteiger partial charge in [-0.05, 0) is 6.42 Å². The Morgan fingerprint density at radius 2 is 1.39 bits per heavy atom. The van der Waals surface area contributed by atoms with Gasteiger partial charge in [-0.15, -0.1) is 0 Å². The third-order valence-corrected chi connectivity index (χ3v) is 6.49. The van der Waals surface area contributed by atoms with Crippen molar-refractivity contribution in [1.82, 2.24) is 0 Å². The highest BCUT2D eigenvalue weighted by atomic mass is 31.2. The Morgan fingerprint density at radius 3 is 1.91 bits per heavy atom. The van der Waals surface area contributed by atoms with Gasteiger partial charge < -0.3 is 19.2 Å². The topological polar surface area (TPSA) is 102 Å². The molecule has 3 unspecified atom stereocenters. The lowest BCUT2D eigenvalue weighted by atomic mass is 10.0. The molecule has 0 bridgehead atoms. The SMILES string of the molecule is CCCCCCCCCCCCCC(C)C(=O)OCC(O)COP(=O)(O)OCC[N+](C)(C)C. The molecule has 0 rings (SSSR count). The smallest absolute Gasteiger partial charge is 0.463 e. The van der Waals surface area contributed by atoms with Crippen LogP contribution in [0, 0.1) is 5.92 Å². The van der Waals surface area contributed by atoms with Crippen LogP contribution in [-0.2, 0) is 23.1 Å².